The van der Waals surface area contributed by atoms with E-state index in [2.05, 4.69) is 6.92 Å². The van der Waals surface area contributed by atoms with Crippen molar-refractivity contribution >= 4 is 12.0 Å². The van der Waals surface area contributed by atoms with Crippen LogP contribution in [0.15, 0.2) is 38.4 Å². The number of rotatable bonds is 5. The highest BCUT2D eigenvalue weighted by Gasteiger charge is 2.36. The second-order valence-electron chi connectivity index (χ2n) is 6.99. The molecule has 0 saturated heterocycles. The van der Waals surface area contributed by atoms with Crippen LogP contribution in [0.25, 0.3) is 6.08 Å². The van der Waals surface area contributed by atoms with Gasteiger partial charge in [0.15, 0.2) is 0 Å². The number of likely N-dealkylation sites (N-methyl/N-ethyl adjacent to an activating group) is 1. The largest absolute Gasteiger partial charge is 0.464 e. The molecule has 1 fully saturated rings. The first kappa shape index (κ1) is 18.0. The Kier molecular flexibility index (Phi) is 4.71. The summed E-state index contributed by atoms with van der Waals surface area (Å²) in [5, 5.41) is 0. The van der Waals surface area contributed by atoms with Gasteiger partial charge in [0.25, 0.3) is 5.56 Å². The second-order valence-corrected chi connectivity index (χ2v) is 6.99. The quantitative estimate of drug-likeness (QED) is 0.760. The lowest BCUT2D eigenvalue weighted by Gasteiger charge is -2.13. The Balaban J connectivity index is 1.68. The zero-order valence-electron chi connectivity index (χ0n) is 15.4. The first-order valence-corrected chi connectivity index (χ1v) is 8.56. The molecule has 2 heterocycles. The third kappa shape index (κ3) is 3.56. The average molecular weight is 357 g/mol. The van der Waals surface area contributed by atoms with Crippen molar-refractivity contribution in [3.05, 3.63) is 62.3 Å². The average Bonchev–Trinajstić information content (AvgIpc) is 3.16. The maximum atomic E-state index is 12.3. The molecule has 1 saturated carbocycles. The van der Waals surface area contributed by atoms with Gasteiger partial charge in [-0.15, -0.1) is 0 Å². The van der Waals surface area contributed by atoms with Crippen molar-refractivity contribution < 1.29 is 9.21 Å². The van der Waals surface area contributed by atoms with Crippen LogP contribution in [0.5, 0.6) is 0 Å². The third-order valence-electron chi connectivity index (χ3n) is 4.81. The molecule has 0 bridgehead atoms. The lowest BCUT2D eigenvalue weighted by Crippen LogP contribution is -2.37. The minimum atomic E-state index is -0.436. The van der Waals surface area contributed by atoms with E-state index in [0.717, 1.165) is 22.5 Å². The van der Waals surface area contributed by atoms with E-state index < -0.39 is 11.2 Å². The lowest BCUT2D eigenvalue weighted by atomic mass is 10.2. The summed E-state index contributed by atoms with van der Waals surface area (Å²) < 4.78 is 8.13. The highest BCUT2D eigenvalue weighted by Crippen LogP contribution is 2.47. The van der Waals surface area contributed by atoms with E-state index in [1.165, 1.54) is 34.9 Å². The molecule has 3 rings (SSSR count). The number of carbonyl (C=O) groups is 1. The van der Waals surface area contributed by atoms with Crippen LogP contribution in [0.2, 0.25) is 0 Å². The van der Waals surface area contributed by atoms with Gasteiger partial charge in [-0.3, -0.25) is 14.2 Å². The monoisotopic (exact) mass is 357 g/mol. The van der Waals surface area contributed by atoms with Crippen molar-refractivity contribution in [1.82, 2.24) is 14.0 Å². The van der Waals surface area contributed by atoms with Crippen molar-refractivity contribution in [2.45, 2.75) is 25.8 Å². The molecule has 138 valence electrons. The normalized spacial score (nSPS) is 19.1. The molecular formula is C19H23N3O4. The van der Waals surface area contributed by atoms with Crippen molar-refractivity contribution in [2.24, 2.45) is 20.0 Å². The van der Waals surface area contributed by atoms with Crippen molar-refractivity contribution in [2.75, 3.05) is 7.05 Å². The van der Waals surface area contributed by atoms with Crippen LogP contribution >= 0.6 is 0 Å². The minimum absolute atomic E-state index is 0.251. The minimum Gasteiger partial charge on any atom is -0.464 e. The van der Waals surface area contributed by atoms with Gasteiger partial charge in [-0.2, -0.15) is 0 Å². The molecule has 0 radical (unpaired) electrons. The van der Waals surface area contributed by atoms with Gasteiger partial charge in [-0.1, -0.05) is 6.92 Å². The Morgan fingerprint density at radius 1 is 1.35 bits per heavy atom. The van der Waals surface area contributed by atoms with Crippen molar-refractivity contribution in [1.29, 1.82) is 0 Å². The van der Waals surface area contributed by atoms with Gasteiger partial charge in [-0.05, 0) is 30.5 Å². The number of hydrogen-bond acceptors (Lipinski definition) is 4. The summed E-state index contributed by atoms with van der Waals surface area (Å²) >= 11 is 0. The highest BCUT2D eigenvalue weighted by atomic mass is 16.3. The SMILES string of the molecule is C[C@@H]1C[C@@H]1c1ccc(CN(C)C(=O)/C=C\c2cn(C)c(=O)n(C)c2=O)o1. The number of hydrogen-bond donors (Lipinski definition) is 0. The summed E-state index contributed by atoms with van der Waals surface area (Å²) in [5.41, 5.74) is -0.567. The summed E-state index contributed by atoms with van der Waals surface area (Å²) in [6.07, 6.45) is 5.33. The van der Waals surface area contributed by atoms with E-state index in [4.69, 9.17) is 4.42 Å². The van der Waals surface area contributed by atoms with E-state index in [0.29, 0.717) is 18.4 Å². The first-order chi connectivity index (χ1) is 12.3. The molecule has 2 aromatic heterocycles. The molecule has 1 aliphatic carbocycles. The van der Waals surface area contributed by atoms with Gasteiger partial charge in [-0.25, -0.2) is 4.79 Å². The highest BCUT2D eigenvalue weighted by molar-refractivity contribution is 5.91. The maximum Gasteiger partial charge on any atom is 0.330 e. The molecule has 2 atom stereocenters. The Bertz CT molecular complexity index is 979. The number of nitrogens with zero attached hydrogens (tertiary/aromatic N) is 3. The van der Waals surface area contributed by atoms with E-state index in [1.54, 1.807) is 14.1 Å². The molecular weight excluding hydrogens is 334 g/mol. The summed E-state index contributed by atoms with van der Waals surface area (Å²) in [4.78, 5) is 37.6. The molecule has 7 heteroatoms. The standard InChI is InChI=1S/C19H23N3O4/c1-12-9-15(12)16-7-6-14(26-16)11-20(2)17(23)8-5-13-10-21(3)19(25)22(4)18(13)24/h5-8,10,12,15H,9,11H2,1-4H3/b8-5-/t12-,15+/m1/s1. The van der Waals surface area contributed by atoms with Gasteiger partial charge < -0.3 is 13.9 Å². The van der Waals surface area contributed by atoms with Gasteiger partial charge >= 0.3 is 5.69 Å². The van der Waals surface area contributed by atoms with Crippen LogP contribution in [0.1, 0.15) is 36.3 Å². The lowest BCUT2D eigenvalue weighted by molar-refractivity contribution is -0.125. The Hall–Kier alpha value is -2.83. The Labute approximate surface area is 151 Å². The molecule has 0 aromatic carbocycles. The van der Waals surface area contributed by atoms with Crippen LogP contribution in [0.3, 0.4) is 0 Å². The molecule has 1 aliphatic rings. The van der Waals surface area contributed by atoms with Crippen LogP contribution < -0.4 is 11.2 Å². The number of aryl methyl sites for hydroxylation is 1. The number of furan rings is 1. The fourth-order valence-corrected chi connectivity index (χ4v) is 2.95. The molecule has 2 aromatic rings. The van der Waals surface area contributed by atoms with Gasteiger partial charge in [0, 0.05) is 39.3 Å². The van der Waals surface area contributed by atoms with E-state index in [1.807, 2.05) is 12.1 Å². The predicted octanol–water partition coefficient (Wildman–Crippen LogP) is 1.47. The van der Waals surface area contributed by atoms with Crippen LogP contribution in [0.4, 0.5) is 0 Å². The fraction of sp³-hybridized carbons (Fsp3) is 0.421. The third-order valence-corrected chi connectivity index (χ3v) is 4.81. The van der Waals surface area contributed by atoms with Crippen LogP contribution in [0, 0.1) is 5.92 Å². The topological polar surface area (TPSA) is 77.5 Å². The molecule has 1 amide bonds. The molecule has 0 spiro atoms. The van der Waals surface area contributed by atoms with E-state index >= 15 is 0 Å². The first-order valence-electron chi connectivity index (χ1n) is 8.56. The smallest absolute Gasteiger partial charge is 0.330 e. The molecule has 0 unspecified atom stereocenters. The number of aromatic nitrogens is 2. The van der Waals surface area contributed by atoms with E-state index in [-0.39, 0.29) is 11.5 Å². The predicted molar refractivity (Wildman–Crippen MR) is 97.7 cm³/mol. The van der Waals surface area contributed by atoms with Crippen LogP contribution in [-0.4, -0.2) is 27.0 Å². The summed E-state index contributed by atoms with van der Waals surface area (Å²) in [6.45, 7) is 2.55. The Morgan fingerprint density at radius 2 is 2.04 bits per heavy atom. The zero-order valence-corrected chi connectivity index (χ0v) is 15.4. The Morgan fingerprint density at radius 3 is 2.69 bits per heavy atom. The zero-order chi connectivity index (χ0) is 19.0. The summed E-state index contributed by atoms with van der Waals surface area (Å²) in [7, 11) is 4.64. The molecule has 7 nitrogen and oxygen atoms in total. The molecule has 0 N–H and O–H groups in total. The fourth-order valence-electron chi connectivity index (χ4n) is 2.95. The summed E-state index contributed by atoms with van der Waals surface area (Å²) in [6, 6.07) is 3.88. The van der Waals surface area contributed by atoms with Crippen molar-refractivity contribution in [3.63, 3.8) is 0 Å². The number of amides is 1. The number of carbonyl (C=O) groups excluding carboxylic acids is 1. The molecule has 0 aliphatic heterocycles. The summed E-state index contributed by atoms with van der Waals surface area (Å²) in [5.74, 6) is 2.64. The van der Waals surface area contributed by atoms with Gasteiger partial charge in [0.2, 0.25) is 5.91 Å². The maximum absolute atomic E-state index is 12.3. The van der Waals surface area contributed by atoms with E-state index in [9.17, 15) is 14.4 Å². The van der Waals surface area contributed by atoms with Gasteiger partial charge in [0.05, 0.1) is 12.1 Å². The second kappa shape index (κ2) is 6.82. The van der Waals surface area contributed by atoms with Crippen LogP contribution in [-0.2, 0) is 25.4 Å². The molecule has 26 heavy (non-hydrogen) atoms. The van der Waals surface area contributed by atoms with Gasteiger partial charge in [0.1, 0.15) is 11.5 Å². The van der Waals surface area contributed by atoms with Crippen molar-refractivity contribution in [3.8, 4) is 0 Å².